The Morgan fingerprint density at radius 2 is 2.28 bits per heavy atom. The van der Waals surface area contributed by atoms with Gasteiger partial charge in [-0.2, -0.15) is 0 Å². The summed E-state index contributed by atoms with van der Waals surface area (Å²) in [7, 11) is 0. The van der Waals surface area contributed by atoms with E-state index in [9.17, 15) is 4.79 Å². The fourth-order valence-corrected chi connectivity index (χ4v) is 1.86. The van der Waals surface area contributed by atoms with Crippen LogP contribution in [-0.2, 0) is 11.3 Å². The van der Waals surface area contributed by atoms with Crippen molar-refractivity contribution in [2.75, 3.05) is 5.73 Å². The van der Waals surface area contributed by atoms with Crippen molar-refractivity contribution >= 4 is 23.0 Å². The van der Waals surface area contributed by atoms with Gasteiger partial charge >= 0.3 is 5.97 Å². The molecule has 0 bridgehead atoms. The molecule has 0 saturated heterocycles. The molecular formula is C11H15N5O2. The van der Waals surface area contributed by atoms with Gasteiger partial charge in [0.1, 0.15) is 11.8 Å². The number of carboxylic acids is 1. The van der Waals surface area contributed by atoms with Gasteiger partial charge in [0, 0.05) is 6.54 Å². The standard InChI is InChI=1S/C11H15N5O2/c1-2-7(11(17)18)3-4-16-6-15-8-9(12)13-5-14-10(8)16/h5-7H,2-4H2,1H3,(H,17,18)(H2,12,13,14). The molecule has 0 aliphatic rings. The number of carboxylic acid groups (broad SMARTS) is 1. The Morgan fingerprint density at radius 3 is 2.94 bits per heavy atom. The summed E-state index contributed by atoms with van der Waals surface area (Å²) < 4.78 is 1.80. The van der Waals surface area contributed by atoms with Crippen molar-refractivity contribution in [2.24, 2.45) is 5.92 Å². The summed E-state index contributed by atoms with van der Waals surface area (Å²) in [6.45, 7) is 2.42. The number of aromatic nitrogens is 4. The molecule has 1 atom stereocenters. The highest BCUT2D eigenvalue weighted by molar-refractivity contribution is 5.81. The molecule has 7 heteroatoms. The number of carbonyl (C=O) groups is 1. The number of anilines is 1. The molecule has 2 aromatic rings. The van der Waals surface area contributed by atoms with Gasteiger partial charge in [-0.1, -0.05) is 6.92 Å². The number of fused-ring (bicyclic) bond motifs is 1. The van der Waals surface area contributed by atoms with Crippen molar-refractivity contribution in [3.8, 4) is 0 Å². The maximum Gasteiger partial charge on any atom is 0.306 e. The maximum atomic E-state index is 10.9. The predicted molar refractivity (Wildman–Crippen MR) is 65.8 cm³/mol. The molecule has 0 fully saturated rings. The number of hydrogen-bond acceptors (Lipinski definition) is 5. The second-order valence-corrected chi connectivity index (χ2v) is 4.10. The molecule has 3 N–H and O–H groups in total. The van der Waals surface area contributed by atoms with Crippen molar-refractivity contribution in [2.45, 2.75) is 26.3 Å². The second-order valence-electron chi connectivity index (χ2n) is 4.10. The van der Waals surface area contributed by atoms with E-state index in [-0.39, 0.29) is 5.92 Å². The minimum absolute atomic E-state index is 0.337. The molecule has 1 unspecified atom stereocenters. The van der Waals surface area contributed by atoms with Gasteiger partial charge in [0.2, 0.25) is 0 Å². The summed E-state index contributed by atoms with van der Waals surface area (Å²) in [5.74, 6) is -0.776. The average molecular weight is 249 g/mol. The van der Waals surface area contributed by atoms with Gasteiger partial charge in [0.05, 0.1) is 12.2 Å². The quantitative estimate of drug-likeness (QED) is 0.815. The largest absolute Gasteiger partial charge is 0.481 e. The zero-order valence-electron chi connectivity index (χ0n) is 10.1. The highest BCUT2D eigenvalue weighted by atomic mass is 16.4. The summed E-state index contributed by atoms with van der Waals surface area (Å²) in [4.78, 5) is 23.0. The van der Waals surface area contributed by atoms with Gasteiger partial charge in [-0.15, -0.1) is 0 Å². The molecule has 0 amide bonds. The zero-order chi connectivity index (χ0) is 13.1. The van der Waals surface area contributed by atoms with Crippen molar-refractivity contribution in [3.63, 3.8) is 0 Å². The summed E-state index contributed by atoms with van der Waals surface area (Å²) in [6, 6.07) is 0. The number of nitrogens with zero attached hydrogens (tertiary/aromatic N) is 4. The van der Waals surface area contributed by atoms with Crippen LogP contribution in [0.4, 0.5) is 5.82 Å². The molecule has 7 nitrogen and oxygen atoms in total. The predicted octanol–water partition coefficient (Wildman–Crippen LogP) is 0.909. The van der Waals surface area contributed by atoms with E-state index in [1.54, 1.807) is 10.9 Å². The Balaban J connectivity index is 2.18. The number of aryl methyl sites for hydroxylation is 1. The first-order valence-electron chi connectivity index (χ1n) is 5.77. The molecule has 0 spiro atoms. The van der Waals surface area contributed by atoms with Crippen LogP contribution in [0.1, 0.15) is 19.8 Å². The normalized spacial score (nSPS) is 12.7. The highest BCUT2D eigenvalue weighted by Gasteiger charge is 2.16. The van der Waals surface area contributed by atoms with E-state index in [4.69, 9.17) is 10.8 Å². The van der Waals surface area contributed by atoms with Crippen LogP contribution < -0.4 is 5.73 Å². The van der Waals surface area contributed by atoms with Crippen molar-refractivity contribution in [1.29, 1.82) is 0 Å². The van der Waals surface area contributed by atoms with E-state index in [2.05, 4.69) is 15.0 Å². The molecule has 0 aromatic carbocycles. The monoisotopic (exact) mass is 249 g/mol. The van der Waals surface area contributed by atoms with E-state index in [1.165, 1.54) is 6.33 Å². The molecule has 96 valence electrons. The average Bonchev–Trinajstić information content (AvgIpc) is 2.74. The topological polar surface area (TPSA) is 107 Å². The van der Waals surface area contributed by atoms with E-state index >= 15 is 0 Å². The fraction of sp³-hybridized carbons (Fsp3) is 0.455. The third-order valence-corrected chi connectivity index (χ3v) is 2.99. The van der Waals surface area contributed by atoms with Gasteiger partial charge in [0.25, 0.3) is 0 Å². The smallest absolute Gasteiger partial charge is 0.306 e. The molecule has 2 heterocycles. The summed E-state index contributed by atoms with van der Waals surface area (Å²) in [6.07, 6.45) is 4.15. The van der Waals surface area contributed by atoms with Crippen LogP contribution in [0.3, 0.4) is 0 Å². The maximum absolute atomic E-state index is 10.9. The third kappa shape index (κ3) is 2.24. The van der Waals surface area contributed by atoms with Gasteiger partial charge in [-0.05, 0) is 12.8 Å². The first-order valence-corrected chi connectivity index (χ1v) is 5.77. The first kappa shape index (κ1) is 12.3. The lowest BCUT2D eigenvalue weighted by Gasteiger charge is -2.09. The summed E-state index contributed by atoms with van der Waals surface area (Å²) in [5, 5.41) is 8.99. The molecule has 18 heavy (non-hydrogen) atoms. The lowest BCUT2D eigenvalue weighted by molar-refractivity contribution is -0.142. The van der Waals surface area contributed by atoms with Crippen LogP contribution in [0.2, 0.25) is 0 Å². The molecule has 0 aliphatic heterocycles. The van der Waals surface area contributed by atoms with Crippen molar-refractivity contribution < 1.29 is 9.90 Å². The van der Waals surface area contributed by atoms with Gasteiger partial charge < -0.3 is 15.4 Å². The van der Waals surface area contributed by atoms with E-state index < -0.39 is 5.97 Å². The van der Waals surface area contributed by atoms with E-state index in [0.717, 1.165) is 0 Å². The number of imidazole rings is 1. The minimum atomic E-state index is -0.768. The van der Waals surface area contributed by atoms with Gasteiger partial charge in [-0.25, -0.2) is 15.0 Å². The Hall–Kier alpha value is -2.18. The SMILES string of the molecule is CCC(CCn1cnc2c(N)ncnc21)C(=O)O. The zero-order valence-corrected chi connectivity index (χ0v) is 10.1. The Kier molecular flexibility index (Phi) is 3.40. The molecule has 0 radical (unpaired) electrons. The van der Waals surface area contributed by atoms with E-state index in [1.807, 2.05) is 6.92 Å². The Bertz CT molecular complexity index is 566. The summed E-state index contributed by atoms with van der Waals surface area (Å²) >= 11 is 0. The number of hydrogen-bond donors (Lipinski definition) is 2. The van der Waals surface area contributed by atoms with Gasteiger partial charge in [0.15, 0.2) is 11.5 Å². The van der Waals surface area contributed by atoms with Crippen molar-refractivity contribution in [1.82, 2.24) is 19.5 Å². The van der Waals surface area contributed by atoms with Crippen LogP contribution in [0, 0.1) is 5.92 Å². The molecule has 0 saturated carbocycles. The number of aliphatic carboxylic acids is 1. The van der Waals surface area contributed by atoms with E-state index in [0.29, 0.717) is 36.4 Å². The number of nitrogens with two attached hydrogens (primary N) is 1. The minimum Gasteiger partial charge on any atom is -0.481 e. The first-order chi connectivity index (χ1) is 8.63. The lowest BCUT2D eigenvalue weighted by Crippen LogP contribution is -2.15. The van der Waals surface area contributed by atoms with Crippen LogP contribution in [-0.4, -0.2) is 30.6 Å². The highest BCUT2D eigenvalue weighted by Crippen LogP contribution is 2.16. The van der Waals surface area contributed by atoms with Crippen LogP contribution in [0.5, 0.6) is 0 Å². The van der Waals surface area contributed by atoms with Gasteiger partial charge in [-0.3, -0.25) is 4.79 Å². The lowest BCUT2D eigenvalue weighted by atomic mass is 10.0. The Morgan fingerprint density at radius 1 is 1.50 bits per heavy atom. The molecule has 2 aromatic heterocycles. The second kappa shape index (κ2) is 4.99. The molecule has 2 rings (SSSR count). The van der Waals surface area contributed by atoms with Crippen LogP contribution >= 0.6 is 0 Å². The molecular weight excluding hydrogens is 234 g/mol. The van der Waals surface area contributed by atoms with Crippen LogP contribution in [0.25, 0.3) is 11.2 Å². The summed E-state index contributed by atoms with van der Waals surface area (Å²) in [5.41, 5.74) is 6.88. The van der Waals surface area contributed by atoms with Crippen molar-refractivity contribution in [3.05, 3.63) is 12.7 Å². The number of nitrogen functional groups attached to an aromatic ring is 1. The number of rotatable bonds is 5. The Labute approximate surface area is 104 Å². The molecule has 0 aliphatic carbocycles. The third-order valence-electron chi connectivity index (χ3n) is 2.99. The van der Waals surface area contributed by atoms with Crippen LogP contribution in [0.15, 0.2) is 12.7 Å². The fourth-order valence-electron chi connectivity index (χ4n) is 1.86.